The first-order valence-electron chi connectivity index (χ1n) is 11.0. The number of piperidine rings is 1. The molecule has 0 bridgehead atoms. The summed E-state index contributed by atoms with van der Waals surface area (Å²) in [4.78, 5) is 14.8. The fourth-order valence-corrected chi connectivity index (χ4v) is 4.89. The summed E-state index contributed by atoms with van der Waals surface area (Å²) in [6.07, 6.45) is 7.12. The number of nitriles is 1. The molecule has 1 amide bonds. The first-order chi connectivity index (χ1) is 15.4. The Morgan fingerprint density at radius 3 is 2.66 bits per heavy atom. The van der Waals surface area contributed by atoms with Crippen molar-refractivity contribution in [2.45, 2.75) is 32.7 Å². The molecule has 0 unspecified atom stereocenters. The van der Waals surface area contributed by atoms with Crippen LogP contribution in [0.3, 0.4) is 0 Å². The van der Waals surface area contributed by atoms with Gasteiger partial charge in [-0.05, 0) is 32.8 Å². The predicted molar refractivity (Wildman–Crippen MR) is 118 cm³/mol. The molecule has 9 nitrogen and oxygen atoms in total. The van der Waals surface area contributed by atoms with E-state index in [0.717, 1.165) is 55.8 Å². The number of hydrogen-bond donors (Lipinski definition) is 1. The number of nitrogens with one attached hydrogen (secondary N) is 1. The van der Waals surface area contributed by atoms with E-state index in [0.29, 0.717) is 16.8 Å². The van der Waals surface area contributed by atoms with E-state index in [4.69, 9.17) is 9.84 Å². The normalized spacial score (nSPS) is 18.4. The average molecular weight is 434 g/mol. The minimum absolute atomic E-state index is 0.239. The number of carbonyl (C=O) groups is 1. The zero-order chi connectivity index (χ0) is 22.5. The maximum absolute atomic E-state index is 12.8. The van der Waals surface area contributed by atoms with Crippen molar-refractivity contribution in [3.8, 4) is 22.9 Å². The van der Waals surface area contributed by atoms with Crippen molar-refractivity contribution in [1.29, 1.82) is 5.26 Å². The minimum atomic E-state index is -0.239. The molecule has 3 aromatic rings. The molecule has 2 fully saturated rings. The number of aromatic nitrogens is 4. The fourth-order valence-electron chi connectivity index (χ4n) is 4.89. The quantitative estimate of drug-likeness (QED) is 0.677. The van der Waals surface area contributed by atoms with Crippen molar-refractivity contribution in [3.05, 3.63) is 35.9 Å². The van der Waals surface area contributed by atoms with Crippen molar-refractivity contribution in [1.82, 2.24) is 29.6 Å². The van der Waals surface area contributed by atoms with Gasteiger partial charge in [-0.2, -0.15) is 15.5 Å². The molecule has 9 heteroatoms. The molecule has 0 saturated carbocycles. The van der Waals surface area contributed by atoms with Crippen LogP contribution >= 0.6 is 0 Å². The van der Waals surface area contributed by atoms with E-state index in [1.807, 2.05) is 30.3 Å². The third-order valence-electron chi connectivity index (χ3n) is 6.92. The molecular weight excluding hydrogens is 406 g/mol. The van der Waals surface area contributed by atoms with Gasteiger partial charge in [-0.15, -0.1) is 0 Å². The van der Waals surface area contributed by atoms with Gasteiger partial charge in [-0.3, -0.25) is 9.48 Å². The lowest BCUT2D eigenvalue weighted by Crippen LogP contribution is -2.61. The summed E-state index contributed by atoms with van der Waals surface area (Å²) >= 11 is 0. The van der Waals surface area contributed by atoms with Crippen LogP contribution in [0, 0.1) is 23.7 Å². The van der Waals surface area contributed by atoms with E-state index in [1.165, 1.54) is 0 Å². The monoisotopic (exact) mass is 433 g/mol. The molecule has 5 rings (SSSR count). The second-order valence-corrected chi connectivity index (χ2v) is 9.04. The van der Waals surface area contributed by atoms with Crippen LogP contribution in [-0.2, 0) is 4.79 Å². The molecule has 0 spiro atoms. The standard InChI is InChI=1S/C23H27N7O2/c1-15-19(16-8-20(32-3)21-17(9-24)10-26-29(21)12-16)11-27-30(15)18-4-6-28(7-5-18)22(31)23(2)13-25-14-23/h8,10-12,18,25H,4-7,13-14H2,1-3H3. The number of fused-ring (bicyclic) bond motifs is 1. The van der Waals surface area contributed by atoms with Crippen molar-refractivity contribution in [2.24, 2.45) is 5.41 Å². The van der Waals surface area contributed by atoms with Gasteiger partial charge in [0.05, 0.1) is 31.0 Å². The number of likely N-dealkylation sites (tertiary alicyclic amines) is 1. The minimum Gasteiger partial charge on any atom is -0.494 e. The molecule has 32 heavy (non-hydrogen) atoms. The van der Waals surface area contributed by atoms with Crippen molar-refractivity contribution < 1.29 is 9.53 Å². The summed E-state index contributed by atoms with van der Waals surface area (Å²) in [5.74, 6) is 0.874. The molecule has 2 aliphatic heterocycles. The summed E-state index contributed by atoms with van der Waals surface area (Å²) in [5, 5.41) is 21.6. The predicted octanol–water partition coefficient (Wildman–Crippen LogP) is 2.16. The van der Waals surface area contributed by atoms with Crippen LogP contribution in [0.1, 0.15) is 37.1 Å². The Balaban J connectivity index is 1.38. The zero-order valence-electron chi connectivity index (χ0n) is 18.6. The Kier molecular flexibility index (Phi) is 4.90. The summed E-state index contributed by atoms with van der Waals surface area (Å²) in [6.45, 7) is 7.18. The number of nitrogens with zero attached hydrogens (tertiary/aromatic N) is 6. The highest BCUT2D eigenvalue weighted by molar-refractivity contribution is 5.84. The summed E-state index contributed by atoms with van der Waals surface area (Å²) < 4.78 is 9.32. The highest BCUT2D eigenvalue weighted by Gasteiger charge is 2.42. The maximum Gasteiger partial charge on any atom is 0.231 e. The van der Waals surface area contributed by atoms with Gasteiger partial charge in [-0.1, -0.05) is 0 Å². The molecule has 2 saturated heterocycles. The second-order valence-electron chi connectivity index (χ2n) is 9.04. The Bertz CT molecular complexity index is 1220. The molecular formula is C23H27N7O2. The largest absolute Gasteiger partial charge is 0.494 e. The van der Waals surface area contributed by atoms with Crippen molar-refractivity contribution in [2.75, 3.05) is 33.3 Å². The first kappa shape index (κ1) is 20.5. The average Bonchev–Trinajstić information content (AvgIpc) is 3.39. The third-order valence-corrected chi connectivity index (χ3v) is 6.92. The van der Waals surface area contributed by atoms with Gasteiger partial charge in [0.2, 0.25) is 5.91 Å². The molecule has 166 valence electrons. The number of methoxy groups -OCH3 is 1. The first-order valence-corrected chi connectivity index (χ1v) is 11.0. The van der Waals surface area contributed by atoms with Crippen LogP contribution in [0.4, 0.5) is 0 Å². The van der Waals surface area contributed by atoms with Crippen LogP contribution in [0.5, 0.6) is 5.75 Å². The molecule has 5 heterocycles. The van der Waals surface area contributed by atoms with Gasteiger partial charge < -0.3 is 15.0 Å². The molecule has 0 atom stereocenters. The number of ether oxygens (including phenoxy) is 1. The third kappa shape index (κ3) is 3.14. The van der Waals surface area contributed by atoms with Gasteiger partial charge in [0.25, 0.3) is 0 Å². The molecule has 3 aromatic heterocycles. The van der Waals surface area contributed by atoms with Gasteiger partial charge >= 0.3 is 0 Å². The van der Waals surface area contributed by atoms with E-state index in [9.17, 15) is 10.1 Å². The van der Waals surface area contributed by atoms with E-state index in [-0.39, 0.29) is 17.4 Å². The van der Waals surface area contributed by atoms with E-state index < -0.39 is 0 Å². The van der Waals surface area contributed by atoms with Crippen LogP contribution in [0.2, 0.25) is 0 Å². The molecule has 1 N–H and O–H groups in total. The van der Waals surface area contributed by atoms with Crippen LogP contribution in [-0.4, -0.2) is 63.5 Å². The number of carbonyl (C=O) groups excluding carboxylic acids is 1. The van der Waals surface area contributed by atoms with Gasteiger partial charge in [0.15, 0.2) is 0 Å². The Morgan fingerprint density at radius 2 is 2.03 bits per heavy atom. The summed E-state index contributed by atoms with van der Waals surface area (Å²) in [7, 11) is 1.60. The lowest BCUT2D eigenvalue weighted by Gasteiger charge is -2.43. The molecule has 0 aromatic carbocycles. The SMILES string of the molecule is COc1cc(-c2cnn(C3CCN(C(=O)C4(C)CNC4)CC3)c2C)cn2ncc(C#N)c12. The Morgan fingerprint density at radius 1 is 1.28 bits per heavy atom. The van der Waals surface area contributed by atoms with Gasteiger partial charge in [-0.25, -0.2) is 4.52 Å². The van der Waals surface area contributed by atoms with Crippen LogP contribution in [0.25, 0.3) is 16.6 Å². The zero-order valence-corrected chi connectivity index (χ0v) is 18.6. The number of pyridine rings is 1. The van der Waals surface area contributed by atoms with Crippen LogP contribution in [0.15, 0.2) is 24.7 Å². The number of rotatable bonds is 4. The number of hydrogen-bond acceptors (Lipinski definition) is 6. The molecule has 0 aliphatic carbocycles. The van der Waals surface area contributed by atoms with E-state index >= 15 is 0 Å². The number of amides is 1. The Hall–Kier alpha value is -3.38. The lowest BCUT2D eigenvalue weighted by atomic mass is 9.82. The van der Waals surface area contributed by atoms with E-state index in [2.05, 4.69) is 28.1 Å². The summed E-state index contributed by atoms with van der Waals surface area (Å²) in [6, 6.07) is 4.36. The van der Waals surface area contributed by atoms with E-state index in [1.54, 1.807) is 17.8 Å². The van der Waals surface area contributed by atoms with Gasteiger partial charge in [0.1, 0.15) is 22.9 Å². The van der Waals surface area contributed by atoms with Crippen molar-refractivity contribution >= 4 is 11.4 Å². The van der Waals surface area contributed by atoms with Crippen molar-refractivity contribution in [3.63, 3.8) is 0 Å². The Labute approximate surface area is 186 Å². The van der Waals surface area contributed by atoms with Crippen LogP contribution < -0.4 is 10.1 Å². The smallest absolute Gasteiger partial charge is 0.231 e. The fraction of sp³-hybridized carbons (Fsp3) is 0.478. The highest BCUT2D eigenvalue weighted by atomic mass is 16.5. The topological polar surface area (TPSA) is 100 Å². The highest BCUT2D eigenvalue weighted by Crippen LogP contribution is 2.34. The molecule has 2 aliphatic rings. The lowest BCUT2D eigenvalue weighted by molar-refractivity contribution is -0.145. The molecule has 0 radical (unpaired) electrons. The second kappa shape index (κ2) is 7.64. The maximum atomic E-state index is 12.8. The van der Waals surface area contributed by atoms with Gasteiger partial charge in [0, 0.05) is 49.2 Å². The summed E-state index contributed by atoms with van der Waals surface area (Å²) in [5.41, 5.74) is 3.91.